The van der Waals surface area contributed by atoms with E-state index >= 15 is 0 Å². The first kappa shape index (κ1) is 17.1. The van der Waals surface area contributed by atoms with Crippen molar-refractivity contribution >= 4 is 39.3 Å². The average molecular weight is 412 g/mol. The van der Waals surface area contributed by atoms with Gasteiger partial charge in [-0.05, 0) is 28.1 Å². The minimum absolute atomic E-state index is 0.142. The molecule has 0 saturated heterocycles. The Labute approximate surface area is 151 Å². The van der Waals surface area contributed by atoms with Gasteiger partial charge >= 0.3 is 0 Å². The van der Waals surface area contributed by atoms with Crippen molar-refractivity contribution in [2.75, 3.05) is 24.3 Å². The number of hydrogen-bond donors (Lipinski definition) is 1. The Kier molecular flexibility index (Phi) is 5.63. The normalized spacial score (nSPS) is 12.8. The molecule has 2 aromatic rings. The molecular formula is C17H15BrFNO3S. The SMILES string of the molecule is O=C(CCSc1ccccc1F)Nc1cc2c(cc1Br)OCCO2. The molecule has 3 rings (SSSR count). The molecule has 1 aliphatic heterocycles. The number of ether oxygens (including phenoxy) is 2. The first-order valence-electron chi connectivity index (χ1n) is 7.40. The number of nitrogens with one attached hydrogen (secondary N) is 1. The summed E-state index contributed by atoms with van der Waals surface area (Å²) in [6.45, 7) is 1.000. The number of carbonyl (C=O) groups is 1. The van der Waals surface area contributed by atoms with Crippen LogP contribution in [0.5, 0.6) is 11.5 Å². The van der Waals surface area contributed by atoms with Gasteiger partial charge in [-0.25, -0.2) is 4.39 Å². The second-order valence-corrected chi connectivity index (χ2v) is 7.04. The number of thioether (sulfide) groups is 1. The van der Waals surface area contributed by atoms with E-state index < -0.39 is 0 Å². The summed E-state index contributed by atoms with van der Waals surface area (Å²) in [4.78, 5) is 12.6. The van der Waals surface area contributed by atoms with Gasteiger partial charge in [0.05, 0.1) is 5.69 Å². The molecule has 0 unspecified atom stereocenters. The second kappa shape index (κ2) is 7.90. The smallest absolute Gasteiger partial charge is 0.225 e. The van der Waals surface area contributed by atoms with Crippen molar-refractivity contribution in [2.24, 2.45) is 0 Å². The summed E-state index contributed by atoms with van der Waals surface area (Å²) in [5, 5.41) is 2.83. The van der Waals surface area contributed by atoms with Gasteiger partial charge in [-0.2, -0.15) is 0 Å². The van der Waals surface area contributed by atoms with Crippen LogP contribution in [0.25, 0.3) is 0 Å². The summed E-state index contributed by atoms with van der Waals surface area (Å²) in [5.74, 6) is 1.35. The Hall–Kier alpha value is -1.73. The van der Waals surface area contributed by atoms with Crippen molar-refractivity contribution in [3.05, 3.63) is 46.7 Å². The lowest BCUT2D eigenvalue weighted by Gasteiger charge is -2.20. The molecule has 2 aromatic carbocycles. The van der Waals surface area contributed by atoms with Crippen molar-refractivity contribution < 1.29 is 18.7 Å². The summed E-state index contributed by atoms with van der Waals surface area (Å²) in [6, 6.07) is 10.0. The Balaban J connectivity index is 1.56. The van der Waals surface area contributed by atoms with E-state index in [9.17, 15) is 9.18 Å². The molecule has 7 heteroatoms. The molecule has 0 atom stereocenters. The van der Waals surface area contributed by atoms with Crippen LogP contribution in [0.1, 0.15) is 6.42 Å². The number of carbonyl (C=O) groups excluding carboxylic acids is 1. The topological polar surface area (TPSA) is 47.6 Å². The number of anilines is 1. The van der Waals surface area contributed by atoms with Gasteiger partial charge in [0.2, 0.25) is 5.91 Å². The predicted molar refractivity (Wildman–Crippen MR) is 95.5 cm³/mol. The highest BCUT2D eigenvalue weighted by atomic mass is 79.9. The van der Waals surface area contributed by atoms with Crippen LogP contribution in [-0.4, -0.2) is 24.9 Å². The molecule has 0 radical (unpaired) electrons. The van der Waals surface area contributed by atoms with Crippen LogP contribution in [0.2, 0.25) is 0 Å². The van der Waals surface area contributed by atoms with E-state index in [1.165, 1.54) is 17.8 Å². The van der Waals surface area contributed by atoms with Crippen LogP contribution >= 0.6 is 27.7 Å². The van der Waals surface area contributed by atoms with Gasteiger partial charge in [-0.3, -0.25) is 4.79 Å². The van der Waals surface area contributed by atoms with Crippen molar-refractivity contribution in [3.63, 3.8) is 0 Å². The van der Waals surface area contributed by atoms with E-state index in [-0.39, 0.29) is 18.1 Å². The molecule has 0 saturated carbocycles. The van der Waals surface area contributed by atoms with Gasteiger partial charge in [0.1, 0.15) is 19.0 Å². The lowest BCUT2D eigenvalue weighted by molar-refractivity contribution is -0.115. The fourth-order valence-corrected chi connectivity index (χ4v) is 3.50. The zero-order valence-corrected chi connectivity index (χ0v) is 15.1. The maximum atomic E-state index is 13.5. The Morgan fingerprint density at radius 3 is 2.67 bits per heavy atom. The number of fused-ring (bicyclic) bond motifs is 1. The first-order valence-corrected chi connectivity index (χ1v) is 9.17. The van der Waals surface area contributed by atoms with Gasteiger partial charge in [-0.15, -0.1) is 11.8 Å². The van der Waals surface area contributed by atoms with Crippen LogP contribution in [0.15, 0.2) is 45.8 Å². The van der Waals surface area contributed by atoms with E-state index in [2.05, 4.69) is 21.2 Å². The molecule has 0 spiro atoms. The van der Waals surface area contributed by atoms with Crippen LogP contribution in [0, 0.1) is 5.82 Å². The lowest BCUT2D eigenvalue weighted by atomic mass is 10.2. The summed E-state index contributed by atoms with van der Waals surface area (Å²) >= 11 is 4.73. The molecule has 0 bridgehead atoms. The zero-order chi connectivity index (χ0) is 16.9. The molecule has 0 aliphatic carbocycles. The highest BCUT2D eigenvalue weighted by molar-refractivity contribution is 9.10. The number of rotatable bonds is 5. The molecule has 1 heterocycles. The predicted octanol–water partition coefficient (Wildman–Crippen LogP) is 4.48. The summed E-state index contributed by atoms with van der Waals surface area (Å²) in [5.41, 5.74) is 0.625. The van der Waals surface area contributed by atoms with Crippen LogP contribution in [0.3, 0.4) is 0 Å². The summed E-state index contributed by atoms with van der Waals surface area (Å²) in [6.07, 6.45) is 0.278. The molecule has 1 N–H and O–H groups in total. The van der Waals surface area contributed by atoms with Gasteiger partial charge < -0.3 is 14.8 Å². The molecular weight excluding hydrogens is 397 g/mol. The van der Waals surface area contributed by atoms with E-state index in [0.717, 1.165) is 4.47 Å². The van der Waals surface area contributed by atoms with Crippen molar-refractivity contribution in [2.45, 2.75) is 11.3 Å². The van der Waals surface area contributed by atoms with Gasteiger partial charge in [-0.1, -0.05) is 12.1 Å². The first-order chi connectivity index (χ1) is 11.6. The second-order valence-electron chi connectivity index (χ2n) is 5.05. The van der Waals surface area contributed by atoms with Gasteiger partial charge in [0.15, 0.2) is 11.5 Å². The van der Waals surface area contributed by atoms with Crippen molar-refractivity contribution in [1.29, 1.82) is 0 Å². The number of benzene rings is 2. The largest absolute Gasteiger partial charge is 0.486 e. The molecule has 4 nitrogen and oxygen atoms in total. The third-order valence-electron chi connectivity index (χ3n) is 3.33. The third-order valence-corrected chi connectivity index (χ3v) is 5.04. The number of hydrogen-bond acceptors (Lipinski definition) is 4. The minimum atomic E-state index is -0.266. The quantitative estimate of drug-likeness (QED) is 0.736. The Bertz CT molecular complexity index is 757. The molecule has 0 aromatic heterocycles. The van der Waals surface area contributed by atoms with Crippen molar-refractivity contribution in [3.8, 4) is 11.5 Å². The van der Waals surface area contributed by atoms with Crippen molar-refractivity contribution in [1.82, 2.24) is 0 Å². The average Bonchev–Trinajstić information content (AvgIpc) is 2.57. The van der Waals surface area contributed by atoms with E-state index in [1.807, 2.05) is 0 Å². The highest BCUT2D eigenvalue weighted by Crippen LogP contribution is 2.38. The maximum Gasteiger partial charge on any atom is 0.225 e. The Morgan fingerprint density at radius 1 is 1.21 bits per heavy atom. The fourth-order valence-electron chi connectivity index (χ4n) is 2.19. The lowest BCUT2D eigenvalue weighted by Crippen LogP contribution is -2.17. The van der Waals surface area contributed by atoms with E-state index in [1.54, 1.807) is 30.3 Å². The van der Waals surface area contributed by atoms with E-state index in [0.29, 0.717) is 41.0 Å². The van der Waals surface area contributed by atoms with Crippen LogP contribution < -0.4 is 14.8 Å². The Morgan fingerprint density at radius 2 is 1.92 bits per heavy atom. The molecule has 0 fully saturated rings. The monoisotopic (exact) mass is 411 g/mol. The summed E-state index contributed by atoms with van der Waals surface area (Å²) in [7, 11) is 0. The molecule has 1 aliphatic rings. The van der Waals surface area contributed by atoms with Crippen LogP contribution in [-0.2, 0) is 4.79 Å². The minimum Gasteiger partial charge on any atom is -0.486 e. The molecule has 24 heavy (non-hydrogen) atoms. The van der Waals surface area contributed by atoms with E-state index in [4.69, 9.17) is 9.47 Å². The molecule has 126 valence electrons. The van der Waals surface area contributed by atoms with Gasteiger partial charge in [0, 0.05) is 33.7 Å². The van der Waals surface area contributed by atoms with Gasteiger partial charge in [0.25, 0.3) is 0 Å². The number of amides is 1. The maximum absolute atomic E-state index is 13.5. The summed E-state index contributed by atoms with van der Waals surface area (Å²) < 4.78 is 25.2. The zero-order valence-electron chi connectivity index (χ0n) is 12.7. The number of halogens is 2. The fraction of sp³-hybridized carbons (Fsp3) is 0.235. The standard InChI is InChI=1S/C17H15BrFNO3S/c18-11-9-14-15(23-7-6-22-14)10-13(11)20-17(21)5-8-24-16-4-2-1-3-12(16)19/h1-4,9-10H,5-8H2,(H,20,21). The highest BCUT2D eigenvalue weighted by Gasteiger charge is 2.16. The third kappa shape index (κ3) is 4.21. The van der Waals surface area contributed by atoms with Crippen LogP contribution in [0.4, 0.5) is 10.1 Å². The molecule has 1 amide bonds.